The molecule has 21 heavy (non-hydrogen) atoms. The summed E-state index contributed by atoms with van der Waals surface area (Å²) in [5, 5.41) is 1.64. The van der Waals surface area contributed by atoms with Crippen molar-refractivity contribution in [3.05, 3.63) is 69.8 Å². The van der Waals surface area contributed by atoms with Gasteiger partial charge in [-0.1, -0.05) is 29.8 Å². The Kier molecular flexibility index (Phi) is 4.65. The normalized spacial score (nSPS) is 11.9. The number of nitrogen functional groups attached to an aromatic ring is 1. The van der Waals surface area contributed by atoms with Crippen molar-refractivity contribution < 1.29 is 12.8 Å². The maximum atomic E-state index is 13.0. The van der Waals surface area contributed by atoms with Gasteiger partial charge in [-0.3, -0.25) is 0 Å². The third kappa shape index (κ3) is 4.58. The molecule has 0 bridgehead atoms. The van der Waals surface area contributed by atoms with Gasteiger partial charge in [0.2, 0.25) is 0 Å². The van der Waals surface area contributed by atoms with Gasteiger partial charge in [0.25, 0.3) is 0 Å². The number of rotatable bonds is 4. The van der Waals surface area contributed by atoms with Crippen LogP contribution in [0.15, 0.2) is 47.9 Å². The lowest BCUT2D eigenvalue weighted by Gasteiger charge is -2.01. The van der Waals surface area contributed by atoms with Gasteiger partial charge in [0.15, 0.2) is 9.84 Å². The maximum absolute atomic E-state index is 13.0. The summed E-state index contributed by atoms with van der Waals surface area (Å²) in [5.41, 5.74) is 6.57. The van der Waals surface area contributed by atoms with Crippen molar-refractivity contribution in [2.45, 2.75) is 5.75 Å². The smallest absolute Gasteiger partial charge is 0.175 e. The molecule has 0 unspecified atom stereocenters. The van der Waals surface area contributed by atoms with Gasteiger partial charge in [-0.15, -0.1) is 0 Å². The number of benzene rings is 2. The molecule has 0 aliphatic rings. The zero-order valence-corrected chi connectivity index (χ0v) is 12.5. The van der Waals surface area contributed by atoms with Gasteiger partial charge in [-0.2, -0.15) is 0 Å². The molecule has 0 saturated carbocycles. The fraction of sp³-hybridized carbons (Fsp3) is 0.0667. The summed E-state index contributed by atoms with van der Waals surface area (Å²) < 4.78 is 37.0. The van der Waals surface area contributed by atoms with Crippen LogP contribution in [0.25, 0.3) is 6.08 Å². The Hall–Kier alpha value is -1.85. The summed E-state index contributed by atoms with van der Waals surface area (Å²) >= 11 is 5.75. The Labute approximate surface area is 127 Å². The third-order valence-corrected chi connectivity index (χ3v) is 4.31. The lowest BCUT2D eigenvalue weighted by molar-refractivity contribution is 0.604. The molecule has 0 saturated heterocycles. The van der Waals surface area contributed by atoms with Gasteiger partial charge in [0.1, 0.15) is 5.82 Å². The molecular weight excluding hydrogens is 313 g/mol. The molecule has 0 aromatic heterocycles. The van der Waals surface area contributed by atoms with Crippen LogP contribution in [0.4, 0.5) is 10.1 Å². The highest BCUT2D eigenvalue weighted by Crippen LogP contribution is 2.16. The van der Waals surface area contributed by atoms with E-state index in [1.807, 2.05) is 0 Å². The van der Waals surface area contributed by atoms with E-state index in [1.165, 1.54) is 24.3 Å². The molecule has 0 aliphatic heterocycles. The number of anilines is 1. The number of nitrogens with two attached hydrogens (primary N) is 1. The average molecular weight is 326 g/mol. The molecule has 110 valence electrons. The molecule has 0 fully saturated rings. The Morgan fingerprint density at radius 3 is 2.43 bits per heavy atom. The van der Waals surface area contributed by atoms with Crippen LogP contribution in [0.5, 0.6) is 0 Å². The van der Waals surface area contributed by atoms with Crippen LogP contribution < -0.4 is 5.73 Å². The van der Waals surface area contributed by atoms with E-state index in [-0.39, 0.29) is 11.4 Å². The molecule has 2 aromatic rings. The van der Waals surface area contributed by atoms with E-state index >= 15 is 0 Å². The highest BCUT2D eigenvalue weighted by atomic mass is 35.5. The first-order valence-electron chi connectivity index (χ1n) is 6.06. The first kappa shape index (κ1) is 15.5. The van der Waals surface area contributed by atoms with Crippen LogP contribution in [0, 0.1) is 5.82 Å². The Morgan fingerprint density at radius 2 is 1.81 bits per heavy atom. The minimum absolute atomic E-state index is 0.0211. The summed E-state index contributed by atoms with van der Waals surface area (Å²) in [6.07, 6.45) is 1.39. The second kappa shape index (κ2) is 6.28. The predicted molar refractivity (Wildman–Crippen MR) is 83.9 cm³/mol. The van der Waals surface area contributed by atoms with Crippen molar-refractivity contribution in [2.24, 2.45) is 0 Å². The predicted octanol–water partition coefficient (Wildman–Crippen LogP) is 3.65. The standard InChI is InChI=1S/C15H13ClFNO2S/c16-13-4-1-12(2-5-13)10-21(19,20)8-7-11-3-6-14(17)15(18)9-11/h1-9H,10,18H2/b8-7+. The van der Waals surface area contributed by atoms with Crippen LogP contribution in [-0.2, 0) is 15.6 Å². The monoisotopic (exact) mass is 325 g/mol. The van der Waals surface area contributed by atoms with E-state index in [0.717, 1.165) is 5.41 Å². The molecule has 6 heteroatoms. The van der Waals surface area contributed by atoms with Gasteiger partial charge in [0.05, 0.1) is 11.4 Å². The molecule has 2 rings (SSSR count). The molecule has 0 spiro atoms. The summed E-state index contributed by atoms with van der Waals surface area (Å²) in [6, 6.07) is 10.6. The summed E-state index contributed by atoms with van der Waals surface area (Å²) in [6.45, 7) is 0. The number of hydrogen-bond donors (Lipinski definition) is 1. The number of hydrogen-bond acceptors (Lipinski definition) is 3. The van der Waals surface area contributed by atoms with E-state index in [0.29, 0.717) is 16.1 Å². The SMILES string of the molecule is Nc1cc(/C=C/S(=O)(=O)Cc2ccc(Cl)cc2)ccc1F. The van der Waals surface area contributed by atoms with Crippen molar-refractivity contribution in [3.8, 4) is 0 Å². The fourth-order valence-corrected chi connectivity index (χ4v) is 2.95. The highest BCUT2D eigenvalue weighted by Gasteiger charge is 2.08. The van der Waals surface area contributed by atoms with Crippen LogP contribution in [-0.4, -0.2) is 8.42 Å². The van der Waals surface area contributed by atoms with Gasteiger partial charge in [0, 0.05) is 10.4 Å². The van der Waals surface area contributed by atoms with Gasteiger partial charge in [-0.25, -0.2) is 12.8 Å². The van der Waals surface area contributed by atoms with Crippen LogP contribution in [0.1, 0.15) is 11.1 Å². The largest absolute Gasteiger partial charge is 0.396 e. The average Bonchev–Trinajstić information content (AvgIpc) is 2.43. The fourth-order valence-electron chi connectivity index (χ4n) is 1.71. The van der Waals surface area contributed by atoms with E-state index < -0.39 is 15.7 Å². The molecule has 0 radical (unpaired) electrons. The topological polar surface area (TPSA) is 60.2 Å². The van der Waals surface area contributed by atoms with E-state index in [4.69, 9.17) is 17.3 Å². The van der Waals surface area contributed by atoms with Crippen LogP contribution in [0.3, 0.4) is 0 Å². The number of sulfone groups is 1. The highest BCUT2D eigenvalue weighted by molar-refractivity contribution is 7.93. The zero-order chi connectivity index (χ0) is 15.5. The maximum Gasteiger partial charge on any atom is 0.175 e. The van der Waals surface area contributed by atoms with Crippen molar-refractivity contribution in [1.29, 1.82) is 0 Å². The third-order valence-electron chi connectivity index (χ3n) is 2.77. The molecule has 0 heterocycles. The molecule has 0 atom stereocenters. The van der Waals surface area contributed by atoms with Gasteiger partial charge < -0.3 is 5.73 Å². The lowest BCUT2D eigenvalue weighted by Crippen LogP contribution is -1.99. The summed E-state index contributed by atoms with van der Waals surface area (Å²) in [5.74, 6) is -0.659. The number of halogens is 2. The van der Waals surface area contributed by atoms with Gasteiger partial charge >= 0.3 is 0 Å². The lowest BCUT2D eigenvalue weighted by atomic mass is 10.2. The Bertz CT molecular complexity index is 771. The minimum atomic E-state index is -3.43. The van der Waals surface area contributed by atoms with Crippen LogP contribution >= 0.6 is 11.6 Å². The zero-order valence-electron chi connectivity index (χ0n) is 11.0. The molecule has 2 aromatic carbocycles. The first-order valence-corrected chi connectivity index (χ1v) is 8.15. The summed E-state index contributed by atoms with van der Waals surface area (Å²) in [4.78, 5) is 0. The van der Waals surface area contributed by atoms with E-state index in [1.54, 1.807) is 24.3 Å². The molecule has 0 amide bonds. The van der Waals surface area contributed by atoms with Crippen LogP contribution in [0.2, 0.25) is 5.02 Å². The molecule has 2 N–H and O–H groups in total. The van der Waals surface area contributed by atoms with Crippen molar-refractivity contribution in [2.75, 3.05) is 5.73 Å². The van der Waals surface area contributed by atoms with Crippen molar-refractivity contribution in [1.82, 2.24) is 0 Å². The Morgan fingerprint density at radius 1 is 1.14 bits per heavy atom. The Balaban J connectivity index is 2.14. The molecular formula is C15H13ClFNO2S. The second-order valence-electron chi connectivity index (χ2n) is 4.52. The van der Waals surface area contributed by atoms with Crippen molar-refractivity contribution in [3.63, 3.8) is 0 Å². The molecule has 0 aliphatic carbocycles. The van der Waals surface area contributed by atoms with Crippen molar-refractivity contribution >= 4 is 33.2 Å². The first-order chi connectivity index (χ1) is 9.85. The molecule has 3 nitrogen and oxygen atoms in total. The minimum Gasteiger partial charge on any atom is -0.396 e. The van der Waals surface area contributed by atoms with E-state index in [9.17, 15) is 12.8 Å². The van der Waals surface area contributed by atoms with Gasteiger partial charge in [-0.05, 0) is 41.5 Å². The second-order valence-corrected chi connectivity index (χ2v) is 6.84. The summed E-state index contributed by atoms with van der Waals surface area (Å²) in [7, 11) is -3.43. The quantitative estimate of drug-likeness (QED) is 0.873. The van der Waals surface area contributed by atoms with E-state index in [2.05, 4.69) is 0 Å².